The Kier molecular flexibility index (Phi) is 47.2. The Balaban J connectivity index is 0.00000157. The molecule has 6 aromatic heterocycles. The smallest absolute Gasteiger partial charge is 1.00 e. The molecule has 41 nitrogen and oxygen atoms in total. The van der Waals surface area contributed by atoms with Crippen LogP contribution in [-0.2, 0) is 62.5 Å². The summed E-state index contributed by atoms with van der Waals surface area (Å²) in [6.45, 7) is 38.9. The number of halogens is 1. The van der Waals surface area contributed by atoms with Crippen LogP contribution in [0.2, 0.25) is 5.28 Å². The Hall–Kier alpha value is -7.85. The van der Waals surface area contributed by atoms with Gasteiger partial charge in [-0.1, -0.05) is 0 Å². The molecule has 0 aromatic carbocycles. The number of imide groups is 2. The van der Waals surface area contributed by atoms with Crippen molar-refractivity contribution in [3.05, 3.63) is 113 Å². The minimum atomic E-state index is -1.05. The zero-order valence-electron chi connectivity index (χ0n) is 71.1. The summed E-state index contributed by atoms with van der Waals surface area (Å²) < 4.78 is 36.4. The van der Waals surface area contributed by atoms with E-state index in [-0.39, 0.29) is 172 Å². The molecule has 4 N–H and O–H groups in total. The minimum Gasteiger partial charge on any atom is -1.00 e. The number of aromatic carboxylic acids is 1. The summed E-state index contributed by atoms with van der Waals surface area (Å²) in [5, 5.41) is 23.4. The molecule has 5 amide bonds. The SMILES string of the molecule is CC(C)(C)OC(=O)N(Cc1cnc(N2CCNCC2)nc1)C(=O)OC(C)(C)C.CC(C)(C)OC(=O)NCc1cnc(N2CCN(c3ncc(C(=O)O)cn3)CC2)nc1.CCOC(=O)c1cnc(Cl)nc1.CCOC(=O)c1cnc(N2CCN(c3ncc(CN(C(=O)OC(C)(C)C)C(=O)OC(C)(C)C)cn3)CC2)nc1.O=CO[O-].[H-].[K+].[K+].[Li+].[OH-]. The van der Waals surface area contributed by atoms with Crippen LogP contribution in [0.25, 0.3) is 0 Å². The van der Waals surface area contributed by atoms with Crippen LogP contribution in [0.4, 0.5) is 53.7 Å². The number of hydrogen-bond acceptors (Lipinski definition) is 37. The topological polar surface area (TPSA) is 502 Å². The molecule has 0 saturated carbocycles. The number of esters is 2. The van der Waals surface area contributed by atoms with Crippen molar-refractivity contribution in [2.75, 3.05) is 116 Å². The molecule has 0 radical (unpaired) electrons. The number of carbonyl (C=O) groups is 9. The third-order valence-electron chi connectivity index (χ3n) is 14.3. The third-order valence-corrected chi connectivity index (χ3v) is 14.5. The maximum absolute atomic E-state index is 12.7. The molecular weight excluding hydrogens is 1600 g/mol. The van der Waals surface area contributed by atoms with E-state index in [1.54, 1.807) is 155 Å². The van der Waals surface area contributed by atoms with E-state index in [1.165, 1.54) is 37.2 Å². The zero-order chi connectivity index (χ0) is 83.9. The molecule has 117 heavy (non-hydrogen) atoms. The van der Waals surface area contributed by atoms with Gasteiger partial charge in [0.2, 0.25) is 35.0 Å². The van der Waals surface area contributed by atoms with Gasteiger partial charge in [-0.05, 0) is 129 Å². The number of amides is 5. The van der Waals surface area contributed by atoms with Gasteiger partial charge >= 0.3 is 170 Å². The number of carbonyl (C=O) groups excluding carboxylic acids is 8. The first kappa shape index (κ1) is 107. The predicted octanol–water partition coefficient (Wildman–Crippen LogP) is -1.99. The first-order valence-electron chi connectivity index (χ1n) is 35.8. The van der Waals surface area contributed by atoms with Gasteiger partial charge in [-0.15, -0.1) is 0 Å². The van der Waals surface area contributed by atoms with Crippen LogP contribution in [0.5, 0.6) is 0 Å². The second-order valence-corrected chi connectivity index (χ2v) is 29.9. The van der Waals surface area contributed by atoms with E-state index in [4.69, 9.17) is 59.9 Å². The van der Waals surface area contributed by atoms with Gasteiger partial charge < -0.3 is 90.4 Å². The molecular formula is C72H103ClK2LiN21O20. The summed E-state index contributed by atoms with van der Waals surface area (Å²) in [6, 6.07) is 0. The molecule has 3 fully saturated rings. The maximum atomic E-state index is 12.7. The van der Waals surface area contributed by atoms with Crippen LogP contribution in [0.3, 0.4) is 0 Å². The quantitative estimate of drug-likeness (QED) is 0.0169. The van der Waals surface area contributed by atoms with Crippen molar-refractivity contribution in [3.63, 3.8) is 0 Å². The molecule has 3 saturated heterocycles. The van der Waals surface area contributed by atoms with Crippen molar-refractivity contribution < 1.29 is 220 Å². The van der Waals surface area contributed by atoms with Gasteiger partial charge in [0.1, 0.15) is 28.0 Å². The predicted molar refractivity (Wildman–Crippen MR) is 409 cm³/mol. The molecule has 0 atom stereocenters. The molecule has 9 rings (SSSR count). The van der Waals surface area contributed by atoms with E-state index in [1.807, 2.05) is 19.6 Å². The fourth-order valence-corrected chi connectivity index (χ4v) is 9.52. The molecule has 3 aliphatic rings. The maximum Gasteiger partial charge on any atom is 1.00 e. The van der Waals surface area contributed by atoms with Crippen molar-refractivity contribution >= 4 is 96.2 Å². The number of nitrogens with one attached hydrogen (secondary N) is 2. The summed E-state index contributed by atoms with van der Waals surface area (Å²) >= 11 is 5.42. The van der Waals surface area contributed by atoms with Crippen LogP contribution in [0.15, 0.2) is 74.4 Å². The Morgan fingerprint density at radius 2 is 0.701 bits per heavy atom. The van der Waals surface area contributed by atoms with E-state index in [2.05, 4.69) is 80.2 Å². The van der Waals surface area contributed by atoms with E-state index in [9.17, 15) is 38.4 Å². The molecule has 45 heteroatoms. The van der Waals surface area contributed by atoms with Crippen LogP contribution in [-0.4, -0.2) is 255 Å². The molecule has 0 aliphatic carbocycles. The first-order chi connectivity index (χ1) is 53.1. The molecule has 3 aliphatic heterocycles. The van der Waals surface area contributed by atoms with Crippen LogP contribution < -0.4 is 162 Å². The Morgan fingerprint density at radius 3 is 0.957 bits per heavy atom. The second-order valence-electron chi connectivity index (χ2n) is 29.5. The van der Waals surface area contributed by atoms with E-state index < -0.39 is 76.4 Å². The summed E-state index contributed by atoms with van der Waals surface area (Å²) in [6.07, 6.45) is 14.3. The van der Waals surface area contributed by atoms with Crippen LogP contribution in [0, 0.1) is 0 Å². The Bertz CT molecular complexity index is 3990. The number of anilines is 5. The van der Waals surface area contributed by atoms with Gasteiger partial charge in [-0.25, -0.2) is 108 Å². The van der Waals surface area contributed by atoms with E-state index >= 15 is 0 Å². The number of aromatic nitrogens is 12. The van der Waals surface area contributed by atoms with Crippen molar-refractivity contribution in [1.29, 1.82) is 0 Å². The number of carboxylic acids is 1. The van der Waals surface area contributed by atoms with Crippen molar-refractivity contribution in [2.24, 2.45) is 0 Å². The van der Waals surface area contributed by atoms with E-state index in [0.29, 0.717) is 111 Å². The second kappa shape index (κ2) is 51.6. The summed E-state index contributed by atoms with van der Waals surface area (Å²) in [7, 11) is 0. The normalized spacial score (nSPS) is 13.1. The van der Waals surface area contributed by atoms with Gasteiger partial charge in [-0.2, -0.15) is 0 Å². The zero-order valence-corrected chi connectivity index (χ0v) is 77.1. The fraction of sp³-hybridized carbons (Fsp3) is 0.542. The summed E-state index contributed by atoms with van der Waals surface area (Å²) in [5.74, 6) is 0.867. The number of hydrogen-bond donors (Lipinski definition) is 3. The number of alkyl carbamates (subject to hydrolysis) is 1. The molecule has 9 heterocycles. The van der Waals surface area contributed by atoms with Gasteiger partial charge in [0.05, 0.1) is 43.0 Å². The van der Waals surface area contributed by atoms with Crippen LogP contribution >= 0.6 is 11.6 Å². The average Bonchev–Trinajstić information content (AvgIpc) is 0.835. The third kappa shape index (κ3) is 40.6. The first-order valence-corrected chi connectivity index (χ1v) is 36.2. The molecule has 6 aromatic rings. The summed E-state index contributed by atoms with van der Waals surface area (Å²) in [5.41, 5.74) is -0.981. The summed E-state index contributed by atoms with van der Waals surface area (Å²) in [4.78, 5) is 170. The monoisotopic (exact) mass is 1700 g/mol. The average molecular weight is 1700 g/mol. The van der Waals surface area contributed by atoms with Gasteiger partial charge in [-0.3, -0.25) is 4.79 Å². The number of carboxylic acid groups (broad SMARTS) is 1. The van der Waals surface area contributed by atoms with Crippen LogP contribution in [0.1, 0.15) is 167 Å². The molecule has 626 valence electrons. The van der Waals surface area contributed by atoms with E-state index in [0.717, 1.165) is 41.5 Å². The molecule has 0 unspecified atom stereocenters. The molecule has 0 bridgehead atoms. The van der Waals surface area contributed by atoms with Crippen molar-refractivity contribution in [1.82, 2.24) is 80.2 Å². The number of piperazine rings is 3. The Morgan fingerprint density at radius 1 is 0.453 bits per heavy atom. The minimum absolute atomic E-state index is 0. The Labute approximate surface area is 783 Å². The van der Waals surface area contributed by atoms with Crippen molar-refractivity contribution in [3.8, 4) is 0 Å². The molecule has 0 spiro atoms. The number of ether oxygens (including phenoxy) is 7. The standard InChI is InChI=1S/C26H37N7O6.C19H25N7O4.C19H31N5O4.C7H7ClN2O2.CH2O3.2K.Li.H2O.H/c1-8-37-20(34)19-15-29-22(30-16-19)32-11-9-31(10-12-32)21-27-13-18(14-28-21)17-33(23(35)38-25(2,3)4)24(36)39-26(5,6)7;1-19(2,3)30-18(29)24-10-13-8-20-16(21-9-13)25-4-6-26(7-5-25)17-22-11-14(12-23-17)15(27)28;1-18(2,3)27-16(25)24(17(26)28-19(4,5)6)13-14-11-21-15(22-12-14)23-9-7-20-8-10-23;1-2-12-6(11)5-3-9-7(8)10-4-5;2-1-4-3;;;;;/h13-16H,8-12,17H2,1-7H3;8-9,11-12H,4-7,10H2,1-3H3,(H,24,29)(H,27,28);11-12,20H,7-10,13H2,1-6H3;3-4H,2H2,1H3;1,3H;;;;1H2;/q;;;;;3*+1;;-1/p-2. The van der Waals surface area contributed by atoms with Crippen molar-refractivity contribution in [2.45, 2.75) is 165 Å². The largest absolute Gasteiger partial charge is 1.00 e. The number of rotatable bonds is 17. The fourth-order valence-electron chi connectivity index (χ4n) is 9.43. The van der Waals surface area contributed by atoms with Gasteiger partial charge in [0, 0.05) is 176 Å². The van der Waals surface area contributed by atoms with Gasteiger partial charge in [0.15, 0.2) is 0 Å². The van der Waals surface area contributed by atoms with Gasteiger partial charge in [0.25, 0.3) is 6.47 Å². The number of nitrogens with zero attached hydrogens (tertiary/aromatic N) is 19.